The van der Waals surface area contributed by atoms with Gasteiger partial charge in [-0.05, 0) is 43.6 Å². The molecule has 0 aromatic heterocycles. The Kier molecular flexibility index (Phi) is 14.0. The molecule has 0 bridgehead atoms. The van der Waals surface area contributed by atoms with Crippen molar-refractivity contribution >= 4 is 5.78 Å². The third kappa shape index (κ3) is 14.4. The summed E-state index contributed by atoms with van der Waals surface area (Å²) in [5, 5.41) is 9.40. The first-order valence-corrected chi connectivity index (χ1v) is 8.61. The summed E-state index contributed by atoms with van der Waals surface area (Å²) >= 11 is 0. The Balaban J connectivity index is 3.40. The highest BCUT2D eigenvalue weighted by Gasteiger charge is 2.06. The van der Waals surface area contributed by atoms with Crippen LogP contribution in [0.3, 0.4) is 0 Å². The first-order chi connectivity index (χ1) is 11.0. The van der Waals surface area contributed by atoms with Crippen molar-refractivity contribution in [1.82, 2.24) is 0 Å². The monoisotopic (exact) mass is 326 g/mol. The maximum Gasteiger partial charge on any atom is 0.155 e. The average molecular weight is 326 g/mol. The van der Waals surface area contributed by atoms with Crippen LogP contribution in [0.4, 0.5) is 0 Å². The van der Waals surface area contributed by atoms with Crippen LogP contribution in [0, 0.1) is 11.8 Å². The van der Waals surface area contributed by atoms with Gasteiger partial charge < -0.3 is 14.6 Å². The van der Waals surface area contributed by atoms with Gasteiger partial charge in [-0.15, -0.1) is 6.58 Å². The van der Waals surface area contributed by atoms with Gasteiger partial charge >= 0.3 is 0 Å². The second-order valence-corrected chi connectivity index (χ2v) is 6.30. The van der Waals surface area contributed by atoms with Crippen LogP contribution in [0.25, 0.3) is 0 Å². The Labute approximate surface area is 141 Å². The quantitative estimate of drug-likeness (QED) is 0.268. The van der Waals surface area contributed by atoms with E-state index in [1.54, 1.807) is 6.08 Å². The molecule has 0 heterocycles. The molecule has 0 aliphatic rings. The number of carbonyl (C=O) groups is 1. The van der Waals surface area contributed by atoms with Gasteiger partial charge in [-0.1, -0.05) is 26.5 Å². The zero-order valence-corrected chi connectivity index (χ0v) is 14.8. The first-order valence-electron chi connectivity index (χ1n) is 8.61. The third-order valence-corrected chi connectivity index (χ3v) is 3.72. The van der Waals surface area contributed by atoms with Crippen LogP contribution < -0.4 is 0 Å². The number of aliphatic hydroxyl groups excluding tert-OH is 1. The Hall–Kier alpha value is -0.970. The van der Waals surface area contributed by atoms with E-state index >= 15 is 0 Å². The molecule has 0 fully saturated rings. The Morgan fingerprint density at radius 1 is 1.04 bits per heavy atom. The van der Waals surface area contributed by atoms with Crippen LogP contribution >= 0.6 is 0 Å². The van der Waals surface area contributed by atoms with Crippen molar-refractivity contribution in [2.24, 2.45) is 11.8 Å². The number of hydrogen-bond donors (Lipinski definition) is 1. The molecule has 0 amide bonds. The van der Waals surface area contributed by atoms with Gasteiger partial charge in [-0.2, -0.15) is 0 Å². The van der Waals surface area contributed by atoms with Gasteiger partial charge in [0.25, 0.3) is 0 Å². The van der Waals surface area contributed by atoms with Crippen LogP contribution in [0.5, 0.6) is 0 Å². The summed E-state index contributed by atoms with van der Waals surface area (Å²) in [5.41, 5.74) is 0. The fraction of sp³-hybridized carbons (Fsp3) is 0.737. The number of rotatable bonds is 16. The minimum absolute atomic E-state index is 0.0972. The van der Waals surface area contributed by atoms with Gasteiger partial charge in [0.15, 0.2) is 5.78 Å². The largest absolute Gasteiger partial charge is 0.389 e. The SMILES string of the molecule is C=CC(=O)CCC(C)COCCCOCC(C)CCC(O)C=C. The second kappa shape index (κ2) is 14.6. The van der Waals surface area contributed by atoms with E-state index in [1.807, 2.05) is 0 Å². The topological polar surface area (TPSA) is 55.8 Å². The fourth-order valence-electron chi connectivity index (χ4n) is 2.06. The molecule has 0 radical (unpaired) electrons. The summed E-state index contributed by atoms with van der Waals surface area (Å²) < 4.78 is 11.2. The van der Waals surface area contributed by atoms with E-state index in [-0.39, 0.29) is 5.78 Å². The molecule has 4 nitrogen and oxygen atoms in total. The molecule has 23 heavy (non-hydrogen) atoms. The lowest BCUT2D eigenvalue weighted by molar-refractivity contribution is -0.114. The van der Waals surface area contributed by atoms with Crippen molar-refractivity contribution in [3.05, 3.63) is 25.3 Å². The molecular weight excluding hydrogens is 292 g/mol. The molecule has 0 aromatic carbocycles. The Bertz CT molecular complexity index is 327. The minimum Gasteiger partial charge on any atom is -0.389 e. The molecule has 0 aromatic rings. The first kappa shape index (κ1) is 22.0. The molecule has 0 aliphatic heterocycles. The molecule has 3 unspecified atom stereocenters. The van der Waals surface area contributed by atoms with Crippen molar-refractivity contribution < 1.29 is 19.4 Å². The molecule has 0 saturated heterocycles. The van der Waals surface area contributed by atoms with Gasteiger partial charge in [-0.25, -0.2) is 0 Å². The van der Waals surface area contributed by atoms with Gasteiger partial charge in [0.1, 0.15) is 0 Å². The molecule has 1 N–H and O–H groups in total. The maximum absolute atomic E-state index is 11.1. The number of carbonyl (C=O) groups excluding carboxylic acids is 1. The zero-order chi connectivity index (χ0) is 17.5. The third-order valence-electron chi connectivity index (χ3n) is 3.72. The van der Waals surface area contributed by atoms with Crippen molar-refractivity contribution in [2.75, 3.05) is 26.4 Å². The van der Waals surface area contributed by atoms with Crippen LogP contribution in [0.15, 0.2) is 25.3 Å². The molecular formula is C19H34O4. The summed E-state index contributed by atoms with van der Waals surface area (Å²) in [5.74, 6) is 0.920. The molecule has 4 heteroatoms. The molecule has 0 saturated carbocycles. The maximum atomic E-state index is 11.1. The summed E-state index contributed by atoms with van der Waals surface area (Å²) in [6.07, 6.45) is 6.48. The lowest BCUT2D eigenvalue weighted by Gasteiger charge is -2.14. The van der Waals surface area contributed by atoms with Gasteiger partial charge in [0, 0.05) is 32.8 Å². The highest BCUT2D eigenvalue weighted by atomic mass is 16.5. The molecule has 3 atom stereocenters. The number of allylic oxidation sites excluding steroid dienone is 1. The Morgan fingerprint density at radius 3 is 2.13 bits per heavy atom. The minimum atomic E-state index is -0.408. The summed E-state index contributed by atoms with van der Waals surface area (Å²) in [7, 11) is 0. The number of ketones is 1. The number of aliphatic hydroxyl groups is 1. The van der Waals surface area contributed by atoms with E-state index in [4.69, 9.17) is 9.47 Å². The van der Waals surface area contributed by atoms with E-state index in [0.29, 0.717) is 44.7 Å². The summed E-state index contributed by atoms with van der Waals surface area (Å²) in [4.78, 5) is 11.1. The summed E-state index contributed by atoms with van der Waals surface area (Å²) in [6, 6.07) is 0. The van der Waals surface area contributed by atoms with E-state index in [9.17, 15) is 9.90 Å². The fourth-order valence-corrected chi connectivity index (χ4v) is 2.06. The number of hydrogen-bond acceptors (Lipinski definition) is 4. The second-order valence-electron chi connectivity index (χ2n) is 6.30. The summed E-state index contributed by atoms with van der Waals surface area (Å²) in [6.45, 7) is 14.0. The highest BCUT2D eigenvalue weighted by Crippen LogP contribution is 2.10. The standard InChI is InChI=1S/C19H34O4/c1-5-18(20)10-8-16(3)14-22-12-7-13-23-15-17(4)9-11-19(21)6-2/h5-6,16-18,20H,1-2,7-15H2,3-4H3. The van der Waals surface area contributed by atoms with Gasteiger partial charge in [0.05, 0.1) is 6.10 Å². The molecule has 0 aliphatic carbocycles. The number of ether oxygens (including phenoxy) is 2. The molecule has 0 rings (SSSR count). The lowest BCUT2D eigenvalue weighted by Crippen LogP contribution is -2.12. The van der Waals surface area contributed by atoms with E-state index < -0.39 is 6.10 Å². The highest BCUT2D eigenvalue weighted by molar-refractivity contribution is 5.88. The van der Waals surface area contributed by atoms with Crippen LogP contribution in [-0.4, -0.2) is 43.4 Å². The van der Waals surface area contributed by atoms with E-state index in [2.05, 4.69) is 27.0 Å². The predicted molar refractivity (Wildman–Crippen MR) is 94.5 cm³/mol. The van der Waals surface area contributed by atoms with Gasteiger partial charge in [-0.3, -0.25) is 4.79 Å². The van der Waals surface area contributed by atoms with Crippen molar-refractivity contribution in [3.63, 3.8) is 0 Å². The van der Waals surface area contributed by atoms with E-state index in [1.165, 1.54) is 6.08 Å². The molecule has 134 valence electrons. The van der Waals surface area contributed by atoms with Crippen molar-refractivity contribution in [2.45, 2.75) is 52.1 Å². The van der Waals surface area contributed by atoms with Crippen molar-refractivity contribution in [3.8, 4) is 0 Å². The van der Waals surface area contributed by atoms with Crippen LogP contribution in [-0.2, 0) is 14.3 Å². The lowest BCUT2D eigenvalue weighted by atomic mass is 10.0. The van der Waals surface area contributed by atoms with Gasteiger partial charge in [0.2, 0.25) is 0 Å². The Morgan fingerprint density at radius 2 is 1.61 bits per heavy atom. The molecule has 0 spiro atoms. The zero-order valence-electron chi connectivity index (χ0n) is 14.8. The normalized spacial score (nSPS) is 14.9. The van der Waals surface area contributed by atoms with Crippen molar-refractivity contribution in [1.29, 1.82) is 0 Å². The predicted octanol–water partition coefficient (Wildman–Crippen LogP) is 3.54. The smallest absolute Gasteiger partial charge is 0.155 e. The van der Waals surface area contributed by atoms with E-state index in [0.717, 1.165) is 25.7 Å². The van der Waals surface area contributed by atoms with Crippen LogP contribution in [0.2, 0.25) is 0 Å². The van der Waals surface area contributed by atoms with Crippen LogP contribution in [0.1, 0.15) is 46.0 Å². The average Bonchev–Trinajstić information content (AvgIpc) is 2.56.